The van der Waals surface area contributed by atoms with Gasteiger partial charge in [-0.3, -0.25) is 0 Å². The van der Waals surface area contributed by atoms with Crippen molar-refractivity contribution in [1.29, 1.82) is 0 Å². The SMILES string of the molecule is CN(C)c1cccc(C(=O)Oc2ccccc2Cl)c1. The van der Waals surface area contributed by atoms with E-state index in [9.17, 15) is 4.79 Å². The summed E-state index contributed by atoms with van der Waals surface area (Å²) in [6, 6.07) is 14.1. The van der Waals surface area contributed by atoms with Gasteiger partial charge in [-0.15, -0.1) is 0 Å². The average molecular weight is 276 g/mol. The highest BCUT2D eigenvalue weighted by Gasteiger charge is 2.11. The van der Waals surface area contributed by atoms with Crippen LogP contribution in [-0.2, 0) is 0 Å². The molecule has 0 N–H and O–H groups in total. The van der Waals surface area contributed by atoms with E-state index >= 15 is 0 Å². The number of halogens is 1. The molecular formula is C15H14ClNO2. The summed E-state index contributed by atoms with van der Waals surface area (Å²) in [5.41, 5.74) is 1.43. The van der Waals surface area contributed by atoms with Crippen molar-refractivity contribution in [2.45, 2.75) is 0 Å². The van der Waals surface area contributed by atoms with Crippen LogP contribution >= 0.6 is 11.6 Å². The highest BCUT2D eigenvalue weighted by Crippen LogP contribution is 2.24. The molecule has 2 rings (SSSR count). The van der Waals surface area contributed by atoms with Crippen LogP contribution in [0.5, 0.6) is 5.75 Å². The molecule has 0 atom stereocenters. The van der Waals surface area contributed by atoms with Crippen LogP contribution in [0.25, 0.3) is 0 Å². The monoisotopic (exact) mass is 275 g/mol. The number of nitrogens with zero attached hydrogens (tertiary/aromatic N) is 1. The van der Waals surface area contributed by atoms with Gasteiger partial charge in [0.2, 0.25) is 0 Å². The first-order valence-electron chi connectivity index (χ1n) is 5.82. The van der Waals surface area contributed by atoms with Crippen LogP contribution in [0, 0.1) is 0 Å². The molecule has 0 saturated heterocycles. The number of para-hydroxylation sites is 1. The van der Waals surface area contributed by atoms with Gasteiger partial charge >= 0.3 is 5.97 Å². The quantitative estimate of drug-likeness (QED) is 0.633. The summed E-state index contributed by atoms with van der Waals surface area (Å²) in [5, 5.41) is 0.416. The van der Waals surface area contributed by atoms with Crippen molar-refractivity contribution in [3.63, 3.8) is 0 Å². The van der Waals surface area contributed by atoms with E-state index in [0.29, 0.717) is 16.3 Å². The molecule has 4 heteroatoms. The van der Waals surface area contributed by atoms with Crippen molar-refractivity contribution in [1.82, 2.24) is 0 Å². The second kappa shape index (κ2) is 5.76. The van der Waals surface area contributed by atoms with Gasteiger partial charge in [0.05, 0.1) is 10.6 Å². The molecule has 0 heterocycles. The number of ether oxygens (including phenoxy) is 1. The molecule has 0 aliphatic heterocycles. The molecule has 0 fully saturated rings. The molecule has 98 valence electrons. The van der Waals surface area contributed by atoms with E-state index in [1.54, 1.807) is 36.4 Å². The van der Waals surface area contributed by atoms with Gasteiger partial charge in [0.25, 0.3) is 0 Å². The second-order valence-corrected chi connectivity index (χ2v) is 4.67. The lowest BCUT2D eigenvalue weighted by Gasteiger charge is -2.13. The number of benzene rings is 2. The molecule has 0 aliphatic carbocycles. The van der Waals surface area contributed by atoms with E-state index in [0.717, 1.165) is 5.69 Å². The first kappa shape index (κ1) is 13.4. The molecule has 0 aliphatic rings. The van der Waals surface area contributed by atoms with Gasteiger partial charge in [-0.2, -0.15) is 0 Å². The molecule has 0 aromatic heterocycles. The van der Waals surface area contributed by atoms with Crippen LogP contribution < -0.4 is 9.64 Å². The van der Waals surface area contributed by atoms with Crippen molar-refractivity contribution in [2.75, 3.05) is 19.0 Å². The molecule has 0 saturated carbocycles. The van der Waals surface area contributed by atoms with Crippen LogP contribution in [0.15, 0.2) is 48.5 Å². The Morgan fingerprint density at radius 3 is 2.53 bits per heavy atom. The molecule has 0 spiro atoms. The number of esters is 1. The first-order valence-corrected chi connectivity index (χ1v) is 6.20. The van der Waals surface area contributed by atoms with Crippen molar-refractivity contribution in [3.8, 4) is 5.75 Å². The van der Waals surface area contributed by atoms with Crippen LogP contribution in [0.3, 0.4) is 0 Å². The highest BCUT2D eigenvalue weighted by atomic mass is 35.5. The largest absolute Gasteiger partial charge is 0.421 e. The lowest BCUT2D eigenvalue weighted by Crippen LogP contribution is -2.12. The minimum Gasteiger partial charge on any atom is -0.421 e. The van der Waals surface area contributed by atoms with Gasteiger partial charge in [-0.25, -0.2) is 4.79 Å². The van der Waals surface area contributed by atoms with Crippen LogP contribution in [0.1, 0.15) is 10.4 Å². The minimum atomic E-state index is -0.420. The van der Waals surface area contributed by atoms with Gasteiger partial charge in [0, 0.05) is 19.8 Å². The minimum absolute atomic E-state index is 0.365. The average Bonchev–Trinajstić information content (AvgIpc) is 2.41. The number of anilines is 1. The number of hydrogen-bond donors (Lipinski definition) is 0. The number of carbonyl (C=O) groups excluding carboxylic acids is 1. The smallest absolute Gasteiger partial charge is 0.343 e. The zero-order valence-electron chi connectivity index (χ0n) is 10.8. The van der Waals surface area contributed by atoms with Crippen LogP contribution in [0.4, 0.5) is 5.69 Å². The Labute approximate surface area is 117 Å². The summed E-state index contributed by atoms with van der Waals surface area (Å²) >= 11 is 5.95. The topological polar surface area (TPSA) is 29.5 Å². The maximum absolute atomic E-state index is 12.0. The third kappa shape index (κ3) is 3.26. The van der Waals surface area contributed by atoms with Gasteiger partial charge in [0.15, 0.2) is 0 Å². The van der Waals surface area contributed by atoms with Crippen LogP contribution in [0.2, 0.25) is 5.02 Å². The Balaban J connectivity index is 2.21. The fourth-order valence-electron chi connectivity index (χ4n) is 1.60. The third-order valence-corrected chi connectivity index (χ3v) is 2.95. The Morgan fingerprint density at radius 2 is 1.84 bits per heavy atom. The molecule has 0 radical (unpaired) electrons. The maximum atomic E-state index is 12.0. The van der Waals surface area contributed by atoms with E-state index in [4.69, 9.17) is 16.3 Å². The predicted octanol–water partition coefficient (Wildman–Crippen LogP) is 3.63. The molecule has 0 unspecified atom stereocenters. The van der Waals surface area contributed by atoms with Gasteiger partial charge in [0.1, 0.15) is 5.75 Å². The summed E-state index contributed by atoms with van der Waals surface area (Å²) in [5.74, 6) is -0.0544. The van der Waals surface area contributed by atoms with E-state index in [2.05, 4.69) is 0 Å². The van der Waals surface area contributed by atoms with Gasteiger partial charge < -0.3 is 9.64 Å². The Bertz CT molecular complexity index is 596. The molecular weight excluding hydrogens is 262 g/mol. The Hall–Kier alpha value is -2.00. The molecule has 19 heavy (non-hydrogen) atoms. The van der Waals surface area contributed by atoms with E-state index in [1.807, 2.05) is 31.1 Å². The number of rotatable bonds is 3. The Kier molecular flexibility index (Phi) is 4.07. The van der Waals surface area contributed by atoms with Gasteiger partial charge in [-0.05, 0) is 30.3 Å². The molecule has 3 nitrogen and oxygen atoms in total. The van der Waals surface area contributed by atoms with Crippen LogP contribution in [-0.4, -0.2) is 20.1 Å². The van der Waals surface area contributed by atoms with E-state index in [1.165, 1.54) is 0 Å². The zero-order chi connectivity index (χ0) is 13.8. The number of carbonyl (C=O) groups is 1. The summed E-state index contributed by atoms with van der Waals surface area (Å²) in [4.78, 5) is 14.0. The summed E-state index contributed by atoms with van der Waals surface area (Å²) < 4.78 is 5.28. The normalized spacial score (nSPS) is 10.1. The summed E-state index contributed by atoms with van der Waals surface area (Å²) in [7, 11) is 3.83. The predicted molar refractivity (Wildman–Crippen MR) is 77.2 cm³/mol. The molecule has 2 aromatic rings. The lowest BCUT2D eigenvalue weighted by molar-refractivity contribution is 0.0735. The lowest BCUT2D eigenvalue weighted by atomic mass is 10.2. The first-order chi connectivity index (χ1) is 9.08. The summed E-state index contributed by atoms with van der Waals surface area (Å²) in [6.45, 7) is 0. The molecule has 0 amide bonds. The maximum Gasteiger partial charge on any atom is 0.343 e. The fraction of sp³-hybridized carbons (Fsp3) is 0.133. The highest BCUT2D eigenvalue weighted by molar-refractivity contribution is 6.32. The number of hydrogen-bond acceptors (Lipinski definition) is 3. The summed E-state index contributed by atoms with van der Waals surface area (Å²) in [6.07, 6.45) is 0. The standard InChI is InChI=1S/C15H14ClNO2/c1-17(2)12-7-5-6-11(10-12)15(18)19-14-9-4-3-8-13(14)16/h3-10H,1-2H3. The third-order valence-electron chi connectivity index (χ3n) is 2.64. The zero-order valence-corrected chi connectivity index (χ0v) is 11.5. The molecule has 2 aromatic carbocycles. The fourth-order valence-corrected chi connectivity index (χ4v) is 1.77. The molecule has 0 bridgehead atoms. The van der Waals surface area contributed by atoms with Gasteiger partial charge in [-0.1, -0.05) is 29.8 Å². The van der Waals surface area contributed by atoms with Crippen molar-refractivity contribution in [3.05, 3.63) is 59.1 Å². The van der Waals surface area contributed by atoms with Crippen molar-refractivity contribution in [2.24, 2.45) is 0 Å². The Morgan fingerprint density at radius 1 is 1.11 bits per heavy atom. The van der Waals surface area contributed by atoms with E-state index < -0.39 is 5.97 Å². The second-order valence-electron chi connectivity index (χ2n) is 4.26. The van der Waals surface area contributed by atoms with E-state index in [-0.39, 0.29) is 0 Å². The van der Waals surface area contributed by atoms with Crippen molar-refractivity contribution >= 4 is 23.3 Å². The van der Waals surface area contributed by atoms with Crippen molar-refractivity contribution < 1.29 is 9.53 Å².